The van der Waals surface area contributed by atoms with Crippen molar-refractivity contribution in [2.45, 2.75) is 25.9 Å². The number of benzene rings is 2. The van der Waals surface area contributed by atoms with Crippen LogP contribution in [0.5, 0.6) is 0 Å². The quantitative estimate of drug-likeness (QED) is 0.849. The number of hydrogen-bond donors (Lipinski definition) is 1. The molecule has 0 saturated carbocycles. The lowest BCUT2D eigenvalue weighted by molar-refractivity contribution is 0.123. The third kappa shape index (κ3) is 2.06. The molecule has 3 rings (SSSR count). The van der Waals surface area contributed by atoms with Crippen LogP contribution in [-0.2, 0) is 12.8 Å². The summed E-state index contributed by atoms with van der Waals surface area (Å²) in [4.78, 5) is 0. The Morgan fingerprint density at radius 3 is 2.72 bits per heavy atom. The first-order valence-electron chi connectivity index (χ1n) is 6.55. The summed E-state index contributed by atoms with van der Waals surface area (Å²) in [5, 5.41) is 10.4. The minimum atomic E-state index is -0.304. The molecule has 92 valence electrons. The van der Waals surface area contributed by atoms with E-state index in [1.54, 1.807) is 0 Å². The van der Waals surface area contributed by atoms with Gasteiger partial charge in [-0.1, -0.05) is 54.1 Å². The van der Waals surface area contributed by atoms with Gasteiger partial charge in [-0.15, -0.1) is 0 Å². The third-order valence-electron chi connectivity index (χ3n) is 3.88. The standard InChI is InChI=1S/C17H18O/c1-12-5-4-6-13(9-12)10-15-11-14-7-2-3-8-16(14)17(15)18/h2-9,15,17-18H,10-11H2,1H3/t15-,17+/m1/s1. The molecule has 1 nitrogen and oxygen atoms in total. The lowest BCUT2D eigenvalue weighted by atomic mass is 9.94. The van der Waals surface area contributed by atoms with Gasteiger partial charge in [0.2, 0.25) is 0 Å². The van der Waals surface area contributed by atoms with Crippen LogP contribution < -0.4 is 0 Å². The molecule has 0 bridgehead atoms. The molecular weight excluding hydrogens is 220 g/mol. The second-order valence-corrected chi connectivity index (χ2v) is 5.30. The van der Waals surface area contributed by atoms with Gasteiger partial charge >= 0.3 is 0 Å². The fourth-order valence-corrected chi connectivity index (χ4v) is 2.98. The molecule has 2 atom stereocenters. The minimum absolute atomic E-state index is 0.304. The molecule has 0 fully saturated rings. The number of aliphatic hydroxyl groups excluding tert-OH is 1. The lowest BCUT2D eigenvalue weighted by Crippen LogP contribution is -2.10. The number of fused-ring (bicyclic) bond motifs is 1. The second-order valence-electron chi connectivity index (χ2n) is 5.30. The molecule has 1 heteroatoms. The smallest absolute Gasteiger partial charge is 0.0827 e. The maximum absolute atomic E-state index is 10.4. The molecule has 0 aliphatic heterocycles. The minimum Gasteiger partial charge on any atom is -0.388 e. The Kier molecular flexibility index (Phi) is 2.92. The molecule has 18 heavy (non-hydrogen) atoms. The van der Waals surface area contributed by atoms with Crippen molar-refractivity contribution in [3.05, 3.63) is 70.8 Å². The molecule has 1 N–H and O–H groups in total. The van der Waals surface area contributed by atoms with Crippen molar-refractivity contribution in [2.75, 3.05) is 0 Å². The Labute approximate surface area is 108 Å². The van der Waals surface area contributed by atoms with Crippen LogP contribution in [0.3, 0.4) is 0 Å². The van der Waals surface area contributed by atoms with Gasteiger partial charge in [-0.25, -0.2) is 0 Å². The van der Waals surface area contributed by atoms with E-state index < -0.39 is 0 Å². The van der Waals surface area contributed by atoms with E-state index in [4.69, 9.17) is 0 Å². The summed E-state index contributed by atoms with van der Waals surface area (Å²) in [5.74, 6) is 0.323. The van der Waals surface area contributed by atoms with E-state index in [1.807, 2.05) is 6.07 Å². The largest absolute Gasteiger partial charge is 0.388 e. The number of rotatable bonds is 2. The Bertz CT molecular complexity index is 559. The molecule has 0 heterocycles. The highest BCUT2D eigenvalue weighted by atomic mass is 16.3. The van der Waals surface area contributed by atoms with Crippen LogP contribution in [0.15, 0.2) is 48.5 Å². The van der Waals surface area contributed by atoms with Crippen LogP contribution in [0, 0.1) is 12.8 Å². The van der Waals surface area contributed by atoms with Gasteiger partial charge in [-0.05, 0) is 42.4 Å². The Balaban J connectivity index is 1.81. The fraction of sp³-hybridized carbons (Fsp3) is 0.294. The third-order valence-corrected chi connectivity index (χ3v) is 3.88. The predicted octanol–water partition coefficient (Wildman–Crippen LogP) is 3.44. The van der Waals surface area contributed by atoms with Crippen molar-refractivity contribution in [1.82, 2.24) is 0 Å². The molecule has 2 aromatic carbocycles. The average Bonchev–Trinajstić information content (AvgIpc) is 2.67. The number of aliphatic hydroxyl groups is 1. The Morgan fingerprint density at radius 1 is 1.11 bits per heavy atom. The summed E-state index contributed by atoms with van der Waals surface area (Å²) in [6, 6.07) is 16.8. The van der Waals surface area contributed by atoms with Crippen LogP contribution in [0.4, 0.5) is 0 Å². The Morgan fingerprint density at radius 2 is 1.94 bits per heavy atom. The normalized spacial score (nSPS) is 21.9. The molecule has 0 unspecified atom stereocenters. The van der Waals surface area contributed by atoms with E-state index in [9.17, 15) is 5.11 Å². The van der Waals surface area contributed by atoms with Gasteiger partial charge < -0.3 is 5.11 Å². The molecule has 1 aliphatic carbocycles. The molecular formula is C17H18O. The predicted molar refractivity (Wildman–Crippen MR) is 73.5 cm³/mol. The van der Waals surface area contributed by atoms with Crippen molar-refractivity contribution < 1.29 is 5.11 Å². The van der Waals surface area contributed by atoms with Crippen LogP contribution >= 0.6 is 0 Å². The highest BCUT2D eigenvalue weighted by molar-refractivity contribution is 5.35. The van der Waals surface area contributed by atoms with Gasteiger partial charge in [-0.2, -0.15) is 0 Å². The van der Waals surface area contributed by atoms with Crippen LogP contribution in [0.25, 0.3) is 0 Å². The number of hydrogen-bond acceptors (Lipinski definition) is 1. The summed E-state index contributed by atoms with van der Waals surface area (Å²) in [7, 11) is 0. The number of aryl methyl sites for hydroxylation is 1. The fourth-order valence-electron chi connectivity index (χ4n) is 2.98. The summed E-state index contributed by atoms with van der Waals surface area (Å²) in [6.45, 7) is 2.11. The van der Waals surface area contributed by atoms with Gasteiger partial charge in [0, 0.05) is 0 Å². The first-order chi connectivity index (χ1) is 8.74. The highest BCUT2D eigenvalue weighted by Gasteiger charge is 2.30. The van der Waals surface area contributed by atoms with Crippen LogP contribution in [0.1, 0.15) is 28.4 Å². The Hall–Kier alpha value is -1.60. The summed E-state index contributed by atoms with van der Waals surface area (Å²) in [6.07, 6.45) is 1.64. The maximum atomic E-state index is 10.4. The van der Waals surface area contributed by atoms with Crippen molar-refractivity contribution in [3.8, 4) is 0 Å². The van der Waals surface area contributed by atoms with Crippen LogP contribution in [0.2, 0.25) is 0 Å². The summed E-state index contributed by atoms with van der Waals surface area (Å²) >= 11 is 0. The van der Waals surface area contributed by atoms with Gasteiger partial charge in [0.05, 0.1) is 6.10 Å². The van der Waals surface area contributed by atoms with Crippen LogP contribution in [-0.4, -0.2) is 5.11 Å². The van der Waals surface area contributed by atoms with Crippen molar-refractivity contribution in [3.63, 3.8) is 0 Å². The van der Waals surface area contributed by atoms with Gasteiger partial charge in [0.15, 0.2) is 0 Å². The molecule has 0 spiro atoms. The van der Waals surface area contributed by atoms with Gasteiger partial charge in [0.25, 0.3) is 0 Å². The van der Waals surface area contributed by atoms with E-state index in [0.717, 1.165) is 18.4 Å². The summed E-state index contributed by atoms with van der Waals surface area (Å²) < 4.78 is 0. The SMILES string of the molecule is Cc1cccc(C[C@@H]2Cc3ccccc3[C@H]2O)c1. The van der Waals surface area contributed by atoms with Crippen molar-refractivity contribution in [1.29, 1.82) is 0 Å². The van der Waals surface area contributed by atoms with E-state index >= 15 is 0 Å². The van der Waals surface area contributed by atoms with Gasteiger partial charge in [-0.3, -0.25) is 0 Å². The zero-order valence-corrected chi connectivity index (χ0v) is 10.6. The molecule has 0 saturated heterocycles. The molecule has 0 aromatic heterocycles. The zero-order chi connectivity index (χ0) is 12.5. The first-order valence-corrected chi connectivity index (χ1v) is 6.55. The van der Waals surface area contributed by atoms with E-state index in [2.05, 4.69) is 49.4 Å². The van der Waals surface area contributed by atoms with E-state index in [0.29, 0.717) is 5.92 Å². The first kappa shape index (κ1) is 11.5. The topological polar surface area (TPSA) is 20.2 Å². The van der Waals surface area contributed by atoms with E-state index in [-0.39, 0.29) is 6.10 Å². The molecule has 0 radical (unpaired) electrons. The molecule has 0 amide bonds. The van der Waals surface area contributed by atoms with Crippen molar-refractivity contribution >= 4 is 0 Å². The highest BCUT2D eigenvalue weighted by Crippen LogP contribution is 2.37. The average molecular weight is 238 g/mol. The van der Waals surface area contributed by atoms with Gasteiger partial charge in [0.1, 0.15) is 0 Å². The second kappa shape index (κ2) is 4.58. The zero-order valence-electron chi connectivity index (χ0n) is 10.6. The van der Waals surface area contributed by atoms with E-state index in [1.165, 1.54) is 16.7 Å². The molecule has 2 aromatic rings. The maximum Gasteiger partial charge on any atom is 0.0827 e. The van der Waals surface area contributed by atoms with Crippen molar-refractivity contribution in [2.24, 2.45) is 5.92 Å². The lowest BCUT2D eigenvalue weighted by Gasteiger charge is -2.15. The molecule has 1 aliphatic rings. The summed E-state index contributed by atoms with van der Waals surface area (Å²) in [5.41, 5.74) is 5.04. The monoisotopic (exact) mass is 238 g/mol.